The highest BCUT2D eigenvalue weighted by molar-refractivity contribution is 4.92. The second-order valence-corrected chi connectivity index (χ2v) is 3.45. The van der Waals surface area contributed by atoms with Gasteiger partial charge in [-0.1, -0.05) is 0 Å². The number of hydrogen-bond acceptors (Lipinski definition) is 3. The Hall–Kier alpha value is -0.120. The summed E-state index contributed by atoms with van der Waals surface area (Å²) in [5.74, 6) is 0. The lowest BCUT2D eigenvalue weighted by Crippen LogP contribution is -2.61. The molecule has 0 aromatic rings. The van der Waals surface area contributed by atoms with E-state index in [1.54, 1.807) is 0 Å². The maximum Gasteiger partial charge on any atom is 0.0210 e. The largest absolute Gasteiger partial charge is 0.328 e. The van der Waals surface area contributed by atoms with Crippen molar-refractivity contribution in [2.75, 3.05) is 13.1 Å². The van der Waals surface area contributed by atoms with Crippen molar-refractivity contribution in [2.24, 2.45) is 5.73 Å². The minimum absolute atomic E-state index is 0.443. The molecule has 0 amide bonds. The monoisotopic (exact) mass is 141 g/mol. The lowest BCUT2D eigenvalue weighted by Gasteiger charge is -2.39. The minimum atomic E-state index is 0.443. The summed E-state index contributed by atoms with van der Waals surface area (Å²) in [5, 5.41) is 6.93. The fraction of sp³-hybridized carbons (Fsp3) is 1.00. The quantitative estimate of drug-likeness (QED) is 0.407. The van der Waals surface area contributed by atoms with Crippen LogP contribution in [-0.4, -0.2) is 31.2 Å². The molecule has 2 rings (SSSR count). The van der Waals surface area contributed by atoms with Crippen molar-refractivity contribution in [1.82, 2.24) is 10.6 Å². The van der Waals surface area contributed by atoms with Gasteiger partial charge in [-0.05, 0) is 12.8 Å². The molecule has 2 atom stereocenters. The smallest absolute Gasteiger partial charge is 0.0210 e. The number of piperazine rings is 1. The standard InChI is InChI=1S/C7H15N3/c8-5-1-6-3-9-4-7(2-5)10-6/h5-7,9-10H,1-4,8H2. The van der Waals surface area contributed by atoms with E-state index >= 15 is 0 Å². The van der Waals surface area contributed by atoms with Crippen molar-refractivity contribution in [2.45, 2.75) is 31.0 Å². The van der Waals surface area contributed by atoms with Gasteiger partial charge in [-0.2, -0.15) is 0 Å². The molecule has 0 aliphatic carbocycles. The van der Waals surface area contributed by atoms with Gasteiger partial charge in [-0.3, -0.25) is 0 Å². The number of piperidine rings is 1. The predicted octanol–water partition coefficient (Wildman–Crippen LogP) is -0.962. The summed E-state index contributed by atoms with van der Waals surface area (Å²) in [7, 11) is 0. The van der Waals surface area contributed by atoms with E-state index in [0.717, 1.165) is 25.9 Å². The second kappa shape index (κ2) is 2.49. The van der Waals surface area contributed by atoms with E-state index in [1.165, 1.54) is 0 Å². The average molecular weight is 141 g/mol. The molecule has 10 heavy (non-hydrogen) atoms. The summed E-state index contributed by atoms with van der Waals surface area (Å²) in [6.45, 7) is 2.20. The molecule has 2 unspecified atom stereocenters. The highest BCUT2D eigenvalue weighted by atomic mass is 15.1. The van der Waals surface area contributed by atoms with Crippen molar-refractivity contribution >= 4 is 0 Å². The Morgan fingerprint density at radius 1 is 1.10 bits per heavy atom. The first-order chi connectivity index (χ1) is 4.84. The zero-order chi connectivity index (χ0) is 6.97. The summed E-state index contributed by atoms with van der Waals surface area (Å²) in [6.07, 6.45) is 2.28. The topological polar surface area (TPSA) is 50.1 Å². The van der Waals surface area contributed by atoms with Gasteiger partial charge in [-0.25, -0.2) is 0 Å². The molecule has 2 aliphatic heterocycles. The van der Waals surface area contributed by atoms with Crippen LogP contribution >= 0.6 is 0 Å². The SMILES string of the molecule is NC1CC2CNCC(C1)N2. The van der Waals surface area contributed by atoms with Crippen LogP contribution in [0, 0.1) is 0 Å². The van der Waals surface area contributed by atoms with Crippen molar-refractivity contribution < 1.29 is 0 Å². The Morgan fingerprint density at radius 2 is 1.70 bits per heavy atom. The predicted molar refractivity (Wildman–Crippen MR) is 40.8 cm³/mol. The van der Waals surface area contributed by atoms with E-state index in [0.29, 0.717) is 18.1 Å². The fourth-order valence-corrected chi connectivity index (χ4v) is 2.01. The van der Waals surface area contributed by atoms with E-state index in [2.05, 4.69) is 10.6 Å². The van der Waals surface area contributed by atoms with Gasteiger partial charge in [0.25, 0.3) is 0 Å². The first-order valence-electron chi connectivity index (χ1n) is 4.07. The van der Waals surface area contributed by atoms with Crippen LogP contribution in [0.4, 0.5) is 0 Å². The molecular formula is C7H15N3. The average Bonchev–Trinajstić information content (AvgIpc) is 1.85. The first kappa shape index (κ1) is 6.58. The van der Waals surface area contributed by atoms with Crippen LogP contribution < -0.4 is 16.4 Å². The van der Waals surface area contributed by atoms with Gasteiger partial charge in [0.2, 0.25) is 0 Å². The third-order valence-corrected chi connectivity index (χ3v) is 2.43. The molecule has 0 radical (unpaired) electrons. The molecule has 3 nitrogen and oxygen atoms in total. The number of rotatable bonds is 0. The molecule has 58 valence electrons. The molecule has 3 heteroatoms. The lowest BCUT2D eigenvalue weighted by atomic mass is 9.92. The zero-order valence-electron chi connectivity index (χ0n) is 6.14. The van der Waals surface area contributed by atoms with E-state index in [1.807, 2.05) is 0 Å². The van der Waals surface area contributed by atoms with Gasteiger partial charge in [0.1, 0.15) is 0 Å². The van der Waals surface area contributed by atoms with Crippen molar-refractivity contribution in [3.8, 4) is 0 Å². The third kappa shape index (κ3) is 1.17. The van der Waals surface area contributed by atoms with Crippen molar-refractivity contribution in [3.05, 3.63) is 0 Å². The Kier molecular flexibility index (Phi) is 1.64. The summed E-state index contributed by atoms with van der Waals surface area (Å²) < 4.78 is 0. The zero-order valence-corrected chi connectivity index (χ0v) is 6.14. The van der Waals surface area contributed by atoms with Crippen LogP contribution in [-0.2, 0) is 0 Å². The minimum Gasteiger partial charge on any atom is -0.328 e. The van der Waals surface area contributed by atoms with Crippen LogP contribution in [0.25, 0.3) is 0 Å². The molecule has 2 saturated heterocycles. The first-order valence-corrected chi connectivity index (χ1v) is 4.07. The molecular weight excluding hydrogens is 126 g/mol. The van der Waals surface area contributed by atoms with Gasteiger partial charge < -0.3 is 16.4 Å². The summed E-state index contributed by atoms with van der Waals surface area (Å²) in [5.41, 5.74) is 5.86. The van der Waals surface area contributed by atoms with Crippen molar-refractivity contribution in [3.63, 3.8) is 0 Å². The molecule has 2 heterocycles. The van der Waals surface area contributed by atoms with Gasteiger partial charge in [0.15, 0.2) is 0 Å². The van der Waals surface area contributed by atoms with E-state index in [-0.39, 0.29) is 0 Å². The lowest BCUT2D eigenvalue weighted by molar-refractivity contribution is 0.237. The molecule has 0 aromatic heterocycles. The second-order valence-electron chi connectivity index (χ2n) is 3.45. The van der Waals surface area contributed by atoms with Gasteiger partial charge >= 0.3 is 0 Å². The Bertz CT molecular complexity index is 110. The molecule has 2 aliphatic rings. The Morgan fingerprint density at radius 3 is 2.30 bits per heavy atom. The van der Waals surface area contributed by atoms with E-state index in [9.17, 15) is 0 Å². The number of nitrogens with one attached hydrogen (secondary N) is 2. The molecule has 4 N–H and O–H groups in total. The Balaban J connectivity index is 1.98. The molecule has 0 saturated carbocycles. The van der Waals surface area contributed by atoms with E-state index < -0.39 is 0 Å². The number of nitrogens with two attached hydrogens (primary N) is 1. The maximum atomic E-state index is 5.86. The van der Waals surface area contributed by atoms with Gasteiger partial charge in [-0.15, -0.1) is 0 Å². The van der Waals surface area contributed by atoms with Gasteiger partial charge in [0, 0.05) is 31.2 Å². The summed E-state index contributed by atoms with van der Waals surface area (Å²) in [6, 6.07) is 1.73. The molecule has 0 spiro atoms. The van der Waals surface area contributed by atoms with Crippen LogP contribution in [0.3, 0.4) is 0 Å². The molecule has 0 aromatic carbocycles. The summed E-state index contributed by atoms with van der Waals surface area (Å²) in [4.78, 5) is 0. The normalized spacial score (nSPS) is 47.1. The summed E-state index contributed by atoms with van der Waals surface area (Å²) >= 11 is 0. The highest BCUT2D eigenvalue weighted by Crippen LogP contribution is 2.13. The Labute approximate surface area is 61.4 Å². The van der Waals surface area contributed by atoms with Crippen LogP contribution in [0.2, 0.25) is 0 Å². The fourth-order valence-electron chi connectivity index (χ4n) is 2.01. The molecule has 2 bridgehead atoms. The maximum absolute atomic E-state index is 5.86. The van der Waals surface area contributed by atoms with E-state index in [4.69, 9.17) is 5.73 Å². The van der Waals surface area contributed by atoms with Crippen LogP contribution in [0.1, 0.15) is 12.8 Å². The van der Waals surface area contributed by atoms with Crippen LogP contribution in [0.5, 0.6) is 0 Å². The van der Waals surface area contributed by atoms with Gasteiger partial charge in [0.05, 0.1) is 0 Å². The number of hydrogen-bond donors (Lipinski definition) is 3. The van der Waals surface area contributed by atoms with Crippen LogP contribution in [0.15, 0.2) is 0 Å². The third-order valence-electron chi connectivity index (χ3n) is 2.43. The highest BCUT2D eigenvalue weighted by Gasteiger charge is 2.28. The molecule has 2 fully saturated rings. The number of fused-ring (bicyclic) bond motifs is 2. The van der Waals surface area contributed by atoms with Crippen molar-refractivity contribution in [1.29, 1.82) is 0 Å².